The van der Waals surface area contributed by atoms with Gasteiger partial charge in [0.1, 0.15) is 11.8 Å². The van der Waals surface area contributed by atoms with Crippen LogP contribution in [0.5, 0.6) is 5.88 Å². The maximum atomic E-state index is 11.4. The summed E-state index contributed by atoms with van der Waals surface area (Å²) < 4.78 is 10.3. The third-order valence-corrected chi connectivity index (χ3v) is 2.96. The zero-order valence-corrected chi connectivity index (χ0v) is 11.8. The number of pyridine rings is 1. The van der Waals surface area contributed by atoms with E-state index >= 15 is 0 Å². The van der Waals surface area contributed by atoms with Crippen molar-refractivity contribution < 1.29 is 14.3 Å². The zero-order chi connectivity index (χ0) is 14.4. The number of nitrogens with zero attached hydrogens (tertiary/aromatic N) is 1. The summed E-state index contributed by atoms with van der Waals surface area (Å²) in [4.78, 5) is 15.4. The highest BCUT2D eigenvalue weighted by Gasteiger charge is 2.08. The first-order chi connectivity index (χ1) is 9.69. The molecular weight excluding hydrogens is 278 g/mol. The molecule has 0 N–H and O–H groups in total. The monoisotopic (exact) mass is 291 g/mol. The minimum atomic E-state index is -0.279. The Labute approximate surface area is 122 Å². The van der Waals surface area contributed by atoms with Gasteiger partial charge in [-0.3, -0.25) is 4.79 Å². The van der Waals surface area contributed by atoms with E-state index in [1.807, 2.05) is 24.3 Å². The van der Waals surface area contributed by atoms with Gasteiger partial charge in [0.2, 0.25) is 5.88 Å². The number of benzene rings is 1. The number of carbonyl (C=O) groups excluding carboxylic acids is 1. The molecule has 0 radical (unpaired) electrons. The second-order valence-electron chi connectivity index (χ2n) is 4.11. The van der Waals surface area contributed by atoms with E-state index in [9.17, 15) is 4.79 Å². The molecule has 0 spiro atoms. The van der Waals surface area contributed by atoms with Crippen molar-refractivity contribution in [1.29, 1.82) is 0 Å². The molecule has 0 fully saturated rings. The summed E-state index contributed by atoms with van der Waals surface area (Å²) in [6.45, 7) is 0.320. The molecule has 5 heteroatoms. The summed E-state index contributed by atoms with van der Waals surface area (Å²) in [7, 11) is 1.37. The fourth-order valence-electron chi connectivity index (χ4n) is 1.72. The topological polar surface area (TPSA) is 48.4 Å². The van der Waals surface area contributed by atoms with Crippen LogP contribution in [0.2, 0.25) is 5.15 Å². The van der Waals surface area contributed by atoms with Crippen LogP contribution in [-0.2, 0) is 22.6 Å². The summed E-state index contributed by atoms with van der Waals surface area (Å²) in [5, 5.41) is 0.380. The molecule has 2 rings (SSSR count). The number of carbonyl (C=O) groups is 1. The van der Waals surface area contributed by atoms with E-state index in [1.54, 1.807) is 18.2 Å². The van der Waals surface area contributed by atoms with Crippen molar-refractivity contribution in [3.63, 3.8) is 0 Å². The van der Waals surface area contributed by atoms with Crippen LogP contribution >= 0.6 is 11.6 Å². The molecule has 0 unspecified atom stereocenters. The van der Waals surface area contributed by atoms with Gasteiger partial charge in [-0.1, -0.05) is 41.9 Å². The van der Waals surface area contributed by atoms with Crippen LogP contribution in [0, 0.1) is 0 Å². The van der Waals surface area contributed by atoms with Crippen LogP contribution in [0.3, 0.4) is 0 Å². The summed E-state index contributed by atoms with van der Waals surface area (Å²) in [6.07, 6.45) is 0.221. The second kappa shape index (κ2) is 6.91. The molecule has 2 aromatic rings. The Balaban J connectivity index is 2.07. The average Bonchev–Trinajstić information content (AvgIpc) is 2.46. The standard InChI is InChI=1S/C15H14ClNO3/c1-19-15(18)9-11-5-2-3-6-12(11)10-20-14-8-4-7-13(16)17-14/h2-8H,9-10H2,1H3. The summed E-state index contributed by atoms with van der Waals surface area (Å²) in [5.41, 5.74) is 1.79. The Morgan fingerprint density at radius 3 is 2.60 bits per heavy atom. The van der Waals surface area contributed by atoms with Crippen LogP contribution in [0.15, 0.2) is 42.5 Å². The van der Waals surface area contributed by atoms with Gasteiger partial charge in [-0.15, -0.1) is 0 Å². The molecule has 104 valence electrons. The summed E-state index contributed by atoms with van der Waals surface area (Å²) in [6, 6.07) is 12.7. The van der Waals surface area contributed by atoms with Crippen molar-refractivity contribution in [3.8, 4) is 5.88 Å². The van der Waals surface area contributed by atoms with Gasteiger partial charge in [0.05, 0.1) is 13.5 Å². The van der Waals surface area contributed by atoms with E-state index < -0.39 is 0 Å². The van der Waals surface area contributed by atoms with Crippen molar-refractivity contribution in [2.24, 2.45) is 0 Å². The first-order valence-corrected chi connectivity index (χ1v) is 6.46. The molecule has 0 amide bonds. The predicted molar refractivity (Wildman–Crippen MR) is 75.7 cm³/mol. The number of methoxy groups -OCH3 is 1. The van der Waals surface area contributed by atoms with Gasteiger partial charge >= 0.3 is 5.97 Å². The van der Waals surface area contributed by atoms with E-state index in [4.69, 9.17) is 16.3 Å². The molecule has 20 heavy (non-hydrogen) atoms. The lowest BCUT2D eigenvalue weighted by Gasteiger charge is -2.10. The Bertz CT molecular complexity index is 601. The molecule has 0 aliphatic heterocycles. The van der Waals surface area contributed by atoms with E-state index in [-0.39, 0.29) is 12.4 Å². The maximum Gasteiger partial charge on any atom is 0.309 e. The molecule has 0 atom stereocenters. The van der Waals surface area contributed by atoms with Crippen LogP contribution in [-0.4, -0.2) is 18.1 Å². The maximum absolute atomic E-state index is 11.4. The van der Waals surface area contributed by atoms with Crippen molar-refractivity contribution in [2.75, 3.05) is 7.11 Å². The van der Waals surface area contributed by atoms with Gasteiger partial charge in [0, 0.05) is 6.07 Å². The first kappa shape index (κ1) is 14.3. The zero-order valence-electron chi connectivity index (χ0n) is 11.0. The summed E-state index contributed by atoms with van der Waals surface area (Å²) in [5.74, 6) is 0.170. The Kier molecular flexibility index (Phi) is 4.96. The third-order valence-electron chi connectivity index (χ3n) is 2.75. The third kappa shape index (κ3) is 3.96. The van der Waals surface area contributed by atoms with Crippen molar-refractivity contribution in [1.82, 2.24) is 4.98 Å². The van der Waals surface area contributed by atoms with Gasteiger partial charge in [-0.25, -0.2) is 4.98 Å². The minimum Gasteiger partial charge on any atom is -0.473 e. The Morgan fingerprint density at radius 1 is 1.15 bits per heavy atom. The van der Waals surface area contributed by atoms with E-state index in [2.05, 4.69) is 9.72 Å². The van der Waals surface area contributed by atoms with Gasteiger partial charge in [-0.05, 0) is 17.2 Å². The minimum absolute atomic E-state index is 0.221. The number of hydrogen-bond donors (Lipinski definition) is 0. The average molecular weight is 292 g/mol. The van der Waals surface area contributed by atoms with Crippen LogP contribution in [0.25, 0.3) is 0 Å². The van der Waals surface area contributed by atoms with Crippen molar-refractivity contribution in [3.05, 3.63) is 58.7 Å². The lowest BCUT2D eigenvalue weighted by Crippen LogP contribution is -2.08. The Hall–Kier alpha value is -2.07. The largest absolute Gasteiger partial charge is 0.473 e. The van der Waals surface area contributed by atoms with E-state index in [0.717, 1.165) is 11.1 Å². The SMILES string of the molecule is COC(=O)Cc1ccccc1COc1cccc(Cl)n1. The smallest absolute Gasteiger partial charge is 0.309 e. The Morgan fingerprint density at radius 2 is 1.90 bits per heavy atom. The number of ether oxygens (including phenoxy) is 2. The predicted octanol–water partition coefficient (Wildman–Crippen LogP) is 3.03. The highest BCUT2D eigenvalue weighted by Crippen LogP contribution is 2.16. The molecule has 1 aromatic carbocycles. The lowest BCUT2D eigenvalue weighted by atomic mass is 10.1. The quantitative estimate of drug-likeness (QED) is 0.627. The molecule has 4 nitrogen and oxygen atoms in total. The molecular formula is C15H14ClNO3. The molecule has 1 heterocycles. The van der Waals surface area contributed by atoms with E-state index in [1.165, 1.54) is 7.11 Å². The van der Waals surface area contributed by atoms with Crippen molar-refractivity contribution >= 4 is 17.6 Å². The fourth-order valence-corrected chi connectivity index (χ4v) is 1.88. The lowest BCUT2D eigenvalue weighted by molar-refractivity contribution is -0.139. The number of hydrogen-bond acceptors (Lipinski definition) is 4. The molecule has 0 aliphatic rings. The number of aromatic nitrogens is 1. The molecule has 0 aliphatic carbocycles. The first-order valence-electron chi connectivity index (χ1n) is 6.08. The molecule has 1 aromatic heterocycles. The van der Waals surface area contributed by atoms with Crippen LogP contribution in [0.1, 0.15) is 11.1 Å². The van der Waals surface area contributed by atoms with Gasteiger partial charge in [-0.2, -0.15) is 0 Å². The summed E-state index contributed by atoms with van der Waals surface area (Å²) >= 11 is 5.79. The number of rotatable bonds is 5. The molecule has 0 bridgehead atoms. The van der Waals surface area contributed by atoms with Gasteiger partial charge < -0.3 is 9.47 Å². The number of esters is 1. The van der Waals surface area contributed by atoms with Crippen LogP contribution in [0.4, 0.5) is 0 Å². The highest BCUT2D eigenvalue weighted by molar-refractivity contribution is 6.29. The van der Waals surface area contributed by atoms with Crippen molar-refractivity contribution in [2.45, 2.75) is 13.0 Å². The number of halogens is 1. The van der Waals surface area contributed by atoms with Gasteiger partial charge in [0.15, 0.2) is 0 Å². The van der Waals surface area contributed by atoms with E-state index in [0.29, 0.717) is 17.6 Å². The van der Waals surface area contributed by atoms with Gasteiger partial charge in [0.25, 0.3) is 0 Å². The molecule has 0 saturated heterocycles. The normalized spacial score (nSPS) is 10.1. The second-order valence-corrected chi connectivity index (χ2v) is 4.50. The van der Waals surface area contributed by atoms with Crippen LogP contribution < -0.4 is 4.74 Å². The highest BCUT2D eigenvalue weighted by atomic mass is 35.5. The fraction of sp³-hybridized carbons (Fsp3) is 0.200. The molecule has 0 saturated carbocycles.